The molecule has 3 nitrogen and oxygen atoms in total. The summed E-state index contributed by atoms with van der Waals surface area (Å²) in [6.45, 7) is 0. The van der Waals surface area contributed by atoms with Crippen LogP contribution in [0.3, 0.4) is 0 Å². The van der Waals surface area contributed by atoms with Crippen molar-refractivity contribution in [2.24, 2.45) is 0 Å². The van der Waals surface area contributed by atoms with Crippen LogP contribution in [-0.4, -0.2) is 15.0 Å². The molecule has 0 atom stereocenters. The van der Waals surface area contributed by atoms with E-state index in [0.29, 0.717) is 0 Å². The summed E-state index contributed by atoms with van der Waals surface area (Å²) in [5.41, 5.74) is 3.59. The Hall–Kier alpha value is -2.29. The van der Waals surface area contributed by atoms with Gasteiger partial charge in [-0.25, -0.2) is 0 Å². The van der Waals surface area contributed by atoms with Crippen molar-refractivity contribution in [2.75, 3.05) is 0 Å². The smallest absolute Gasteiger partial charge is 0.0642 e. The molecular weight excluding hydrogens is 210 g/mol. The number of hydrogen-bond acceptors (Lipinski definition) is 1. The van der Waals surface area contributed by atoms with Crippen LogP contribution in [0.4, 0.5) is 0 Å². The Labute approximate surface area is 99.5 Å². The number of hydrogen-bond donors (Lipinski definition) is 2. The average Bonchev–Trinajstić information content (AvgIpc) is 3.04. The maximum atomic E-state index is 4.07. The minimum Gasteiger partial charge on any atom is -0.364 e. The summed E-state index contributed by atoms with van der Waals surface area (Å²) in [6, 6.07) is 12.3. The predicted molar refractivity (Wildman–Crippen MR) is 66.8 cm³/mol. The monoisotopic (exact) mass is 223 g/mol. The highest BCUT2D eigenvalue weighted by molar-refractivity contribution is 5.36. The molecule has 0 aliphatic rings. The van der Waals surface area contributed by atoms with Gasteiger partial charge in [0.15, 0.2) is 0 Å². The molecular formula is C14H13N3. The van der Waals surface area contributed by atoms with Crippen molar-refractivity contribution in [3.8, 4) is 0 Å². The van der Waals surface area contributed by atoms with Gasteiger partial charge in [0.05, 0.1) is 5.92 Å². The summed E-state index contributed by atoms with van der Waals surface area (Å²) >= 11 is 0. The van der Waals surface area contributed by atoms with Gasteiger partial charge in [-0.2, -0.15) is 0 Å². The maximum Gasteiger partial charge on any atom is 0.0642 e. The molecule has 3 aromatic rings. The second-order valence-corrected chi connectivity index (χ2v) is 3.96. The lowest BCUT2D eigenvalue weighted by Crippen LogP contribution is -2.04. The first-order valence-corrected chi connectivity index (χ1v) is 5.61. The van der Waals surface area contributed by atoms with E-state index in [9.17, 15) is 0 Å². The Bertz CT molecular complexity index is 519. The van der Waals surface area contributed by atoms with Gasteiger partial charge >= 0.3 is 0 Å². The highest BCUT2D eigenvalue weighted by Crippen LogP contribution is 2.29. The van der Waals surface area contributed by atoms with Gasteiger partial charge in [0, 0.05) is 36.2 Å². The topological polar surface area (TPSA) is 44.5 Å². The van der Waals surface area contributed by atoms with Crippen LogP contribution in [0.15, 0.2) is 61.2 Å². The van der Waals surface area contributed by atoms with Crippen LogP contribution in [0.25, 0.3) is 0 Å². The zero-order chi connectivity index (χ0) is 11.5. The van der Waals surface area contributed by atoms with E-state index in [4.69, 9.17) is 0 Å². The number of aromatic amines is 2. The van der Waals surface area contributed by atoms with Crippen molar-refractivity contribution in [3.63, 3.8) is 0 Å². The van der Waals surface area contributed by atoms with Crippen molar-refractivity contribution in [1.29, 1.82) is 0 Å². The molecule has 0 saturated carbocycles. The fraction of sp³-hybridized carbons (Fsp3) is 0.0714. The Kier molecular flexibility index (Phi) is 2.50. The molecule has 0 fully saturated rings. The van der Waals surface area contributed by atoms with E-state index in [-0.39, 0.29) is 5.92 Å². The molecule has 0 aliphatic carbocycles. The third-order valence-corrected chi connectivity index (χ3v) is 2.91. The highest BCUT2D eigenvalue weighted by atomic mass is 14.7. The Morgan fingerprint density at radius 2 is 1.41 bits per heavy atom. The number of pyridine rings is 1. The third kappa shape index (κ3) is 1.87. The van der Waals surface area contributed by atoms with Crippen molar-refractivity contribution in [3.05, 3.63) is 78.1 Å². The van der Waals surface area contributed by atoms with Crippen molar-refractivity contribution >= 4 is 0 Å². The molecule has 3 heterocycles. The molecule has 3 aromatic heterocycles. The highest BCUT2D eigenvalue weighted by Gasteiger charge is 2.17. The van der Waals surface area contributed by atoms with Gasteiger partial charge in [-0.15, -0.1) is 0 Å². The molecule has 0 aromatic carbocycles. The van der Waals surface area contributed by atoms with Gasteiger partial charge in [-0.05, 0) is 42.0 Å². The number of rotatable bonds is 3. The van der Waals surface area contributed by atoms with Gasteiger partial charge in [-0.1, -0.05) is 0 Å². The molecule has 0 amide bonds. The SMILES string of the molecule is c1c[nH]c(C(c2ccncc2)c2ccc[nH]2)c1. The fourth-order valence-corrected chi connectivity index (χ4v) is 2.13. The summed E-state index contributed by atoms with van der Waals surface area (Å²) in [4.78, 5) is 10.6. The number of nitrogens with zero attached hydrogens (tertiary/aromatic N) is 1. The maximum absolute atomic E-state index is 4.07. The van der Waals surface area contributed by atoms with Crippen LogP contribution >= 0.6 is 0 Å². The molecule has 84 valence electrons. The lowest BCUT2D eigenvalue weighted by atomic mass is 9.93. The molecule has 0 unspecified atom stereocenters. The van der Waals surface area contributed by atoms with Crippen LogP contribution in [0, 0.1) is 0 Å². The second kappa shape index (κ2) is 4.29. The molecule has 0 aliphatic heterocycles. The third-order valence-electron chi connectivity index (χ3n) is 2.91. The average molecular weight is 223 g/mol. The van der Waals surface area contributed by atoms with Crippen molar-refractivity contribution < 1.29 is 0 Å². The minimum atomic E-state index is 0.211. The van der Waals surface area contributed by atoms with E-state index in [0.717, 1.165) is 0 Å². The molecule has 2 N–H and O–H groups in total. The van der Waals surface area contributed by atoms with Crippen LogP contribution in [-0.2, 0) is 0 Å². The Balaban J connectivity index is 2.10. The molecule has 0 spiro atoms. The molecule has 0 bridgehead atoms. The van der Waals surface area contributed by atoms with Crippen LogP contribution in [0.1, 0.15) is 22.9 Å². The number of nitrogens with one attached hydrogen (secondary N) is 2. The van der Waals surface area contributed by atoms with E-state index in [1.54, 1.807) is 0 Å². The first-order valence-electron chi connectivity index (χ1n) is 5.61. The summed E-state index contributed by atoms with van der Waals surface area (Å²) in [7, 11) is 0. The first-order chi connectivity index (χ1) is 8.45. The quantitative estimate of drug-likeness (QED) is 0.704. The van der Waals surface area contributed by atoms with E-state index < -0.39 is 0 Å². The summed E-state index contributed by atoms with van der Waals surface area (Å²) in [5.74, 6) is 0.211. The lowest BCUT2D eigenvalue weighted by Gasteiger charge is -2.14. The van der Waals surface area contributed by atoms with Gasteiger partial charge in [0.1, 0.15) is 0 Å². The fourth-order valence-electron chi connectivity index (χ4n) is 2.13. The zero-order valence-corrected chi connectivity index (χ0v) is 9.30. The summed E-state index contributed by atoms with van der Waals surface area (Å²) < 4.78 is 0. The molecule has 3 rings (SSSR count). The lowest BCUT2D eigenvalue weighted by molar-refractivity contribution is 0.894. The largest absolute Gasteiger partial charge is 0.364 e. The van der Waals surface area contributed by atoms with Gasteiger partial charge in [0.2, 0.25) is 0 Å². The van der Waals surface area contributed by atoms with Crippen molar-refractivity contribution in [2.45, 2.75) is 5.92 Å². The minimum absolute atomic E-state index is 0.211. The first kappa shape index (κ1) is 9.90. The normalized spacial score (nSPS) is 10.9. The van der Waals surface area contributed by atoms with Crippen LogP contribution in [0.2, 0.25) is 0 Å². The van der Waals surface area contributed by atoms with Crippen LogP contribution in [0.5, 0.6) is 0 Å². The van der Waals surface area contributed by atoms with E-state index in [1.807, 2.05) is 49.1 Å². The second-order valence-electron chi connectivity index (χ2n) is 3.96. The molecule has 0 radical (unpaired) electrons. The predicted octanol–water partition coefficient (Wildman–Crippen LogP) is 2.92. The number of aromatic nitrogens is 3. The van der Waals surface area contributed by atoms with Crippen LogP contribution < -0.4 is 0 Å². The van der Waals surface area contributed by atoms with Crippen molar-refractivity contribution in [1.82, 2.24) is 15.0 Å². The van der Waals surface area contributed by atoms with Gasteiger partial charge in [0.25, 0.3) is 0 Å². The Morgan fingerprint density at radius 3 is 1.88 bits per heavy atom. The van der Waals surface area contributed by atoms with E-state index >= 15 is 0 Å². The molecule has 17 heavy (non-hydrogen) atoms. The summed E-state index contributed by atoms with van der Waals surface area (Å²) in [6.07, 6.45) is 7.56. The summed E-state index contributed by atoms with van der Waals surface area (Å²) in [5, 5.41) is 0. The van der Waals surface area contributed by atoms with E-state index in [2.05, 4.69) is 27.1 Å². The van der Waals surface area contributed by atoms with Gasteiger partial charge in [-0.3, -0.25) is 4.98 Å². The zero-order valence-electron chi connectivity index (χ0n) is 9.30. The van der Waals surface area contributed by atoms with Gasteiger partial charge < -0.3 is 9.97 Å². The van der Waals surface area contributed by atoms with E-state index in [1.165, 1.54) is 17.0 Å². The standard InChI is InChI=1S/C14H13N3/c1-3-12(16-7-1)14(13-4-2-8-17-13)11-5-9-15-10-6-11/h1-10,14,16-17H. The Morgan fingerprint density at radius 1 is 0.824 bits per heavy atom. The number of H-pyrrole nitrogens is 2. The molecule has 0 saturated heterocycles. The molecule has 3 heteroatoms.